The largest absolute Gasteiger partial charge is 0.573 e. The fourth-order valence-electron chi connectivity index (χ4n) is 5.30. The SMILES string of the molecule is Cc1c(C(=O)NC2CCOCC2)cc(-c2cc(F)c(SNC(C)(C)C)c(OC(F)(F)F)c2)n1CC1CCCCC1. The summed E-state index contributed by atoms with van der Waals surface area (Å²) in [5.74, 6) is -1.34. The van der Waals surface area contributed by atoms with Crippen molar-refractivity contribution < 1.29 is 31.8 Å². The molecule has 1 saturated heterocycles. The van der Waals surface area contributed by atoms with Crippen LogP contribution in [0.5, 0.6) is 5.75 Å². The topological polar surface area (TPSA) is 64.5 Å². The second kappa shape index (κ2) is 12.7. The number of nitrogens with one attached hydrogen (secondary N) is 2. The third kappa shape index (κ3) is 8.16. The molecule has 222 valence electrons. The standard InChI is InChI=1S/C29H39F4N3O3S/c1-18-22(27(37)34-21-10-12-38-13-11-21)16-24(36(18)17-19-8-6-5-7-9-19)20-14-23(30)26(40-35-28(2,3)4)25(15-20)39-29(31,32)33/h14-16,19,21,35H,5-13,17H2,1-4H3,(H,34,37). The van der Waals surface area contributed by atoms with Gasteiger partial charge in [0.25, 0.3) is 5.91 Å². The molecule has 0 atom stereocenters. The molecule has 6 nitrogen and oxygen atoms in total. The van der Waals surface area contributed by atoms with Crippen LogP contribution >= 0.6 is 11.9 Å². The first-order valence-corrected chi connectivity index (χ1v) is 14.7. The van der Waals surface area contributed by atoms with Gasteiger partial charge in [-0.2, -0.15) is 0 Å². The molecule has 4 rings (SSSR count). The Morgan fingerprint density at radius 1 is 1.07 bits per heavy atom. The summed E-state index contributed by atoms with van der Waals surface area (Å²) in [7, 11) is 0. The Bertz CT molecular complexity index is 1180. The molecule has 0 radical (unpaired) electrons. The van der Waals surface area contributed by atoms with Crippen molar-refractivity contribution in [2.75, 3.05) is 13.2 Å². The summed E-state index contributed by atoms with van der Waals surface area (Å²) in [4.78, 5) is 13.1. The highest BCUT2D eigenvalue weighted by Crippen LogP contribution is 2.40. The van der Waals surface area contributed by atoms with Crippen LogP contribution in [0.1, 0.15) is 81.8 Å². The Kier molecular flexibility index (Phi) is 9.78. The first kappa shape index (κ1) is 30.7. The number of carbonyl (C=O) groups excluding carboxylic acids is 1. The molecular weight excluding hydrogens is 546 g/mol. The van der Waals surface area contributed by atoms with Crippen LogP contribution in [0.4, 0.5) is 17.6 Å². The van der Waals surface area contributed by atoms with Gasteiger partial charge in [0.15, 0.2) is 0 Å². The second-order valence-electron chi connectivity index (χ2n) is 11.8. The van der Waals surface area contributed by atoms with Crippen molar-refractivity contribution in [2.24, 2.45) is 5.92 Å². The summed E-state index contributed by atoms with van der Waals surface area (Å²) in [6, 6.07) is 4.10. The summed E-state index contributed by atoms with van der Waals surface area (Å²) in [5.41, 5.74) is 1.37. The summed E-state index contributed by atoms with van der Waals surface area (Å²) in [6.07, 6.45) is 1.90. The third-order valence-electron chi connectivity index (χ3n) is 7.32. The molecule has 40 heavy (non-hydrogen) atoms. The van der Waals surface area contributed by atoms with Gasteiger partial charge in [0.05, 0.1) is 5.56 Å². The average molecular weight is 586 g/mol. The lowest BCUT2D eigenvalue weighted by molar-refractivity contribution is -0.275. The first-order chi connectivity index (χ1) is 18.8. The molecule has 1 aromatic carbocycles. The van der Waals surface area contributed by atoms with E-state index in [-0.39, 0.29) is 22.4 Å². The van der Waals surface area contributed by atoms with E-state index in [1.54, 1.807) is 6.07 Å². The fourth-order valence-corrected chi connectivity index (χ4v) is 6.07. The number of alkyl halides is 3. The molecule has 1 aromatic heterocycles. The van der Waals surface area contributed by atoms with Crippen LogP contribution < -0.4 is 14.8 Å². The predicted octanol–water partition coefficient (Wildman–Crippen LogP) is 7.39. The lowest BCUT2D eigenvalue weighted by Crippen LogP contribution is -2.39. The number of aromatic nitrogens is 1. The van der Waals surface area contributed by atoms with Crippen LogP contribution in [0.3, 0.4) is 0 Å². The van der Waals surface area contributed by atoms with Gasteiger partial charge in [0.2, 0.25) is 0 Å². The normalized spacial score (nSPS) is 17.7. The number of hydrogen-bond acceptors (Lipinski definition) is 5. The molecule has 0 spiro atoms. The van der Waals surface area contributed by atoms with Crippen LogP contribution in [0.15, 0.2) is 23.1 Å². The Balaban J connectivity index is 1.75. The van der Waals surface area contributed by atoms with Crippen LogP contribution in [-0.4, -0.2) is 41.6 Å². The van der Waals surface area contributed by atoms with E-state index in [4.69, 9.17) is 4.74 Å². The van der Waals surface area contributed by atoms with E-state index < -0.39 is 23.5 Å². The molecule has 1 amide bonds. The quantitative estimate of drug-likeness (QED) is 0.250. The van der Waals surface area contributed by atoms with Crippen LogP contribution in [0.2, 0.25) is 0 Å². The van der Waals surface area contributed by atoms with Gasteiger partial charge in [-0.3, -0.25) is 9.52 Å². The molecule has 2 heterocycles. The molecule has 2 N–H and O–H groups in total. The lowest BCUT2D eigenvalue weighted by atomic mass is 9.89. The van der Waals surface area contributed by atoms with Gasteiger partial charge < -0.3 is 19.4 Å². The number of amides is 1. The van der Waals surface area contributed by atoms with Crippen LogP contribution in [0, 0.1) is 18.7 Å². The third-order valence-corrected chi connectivity index (χ3v) is 8.64. The average Bonchev–Trinajstić information content (AvgIpc) is 3.19. The van der Waals surface area contributed by atoms with Crippen molar-refractivity contribution in [3.05, 3.63) is 35.3 Å². The smallest absolute Gasteiger partial charge is 0.404 e. The van der Waals surface area contributed by atoms with Gasteiger partial charge in [-0.15, -0.1) is 13.2 Å². The number of halogens is 4. The molecular formula is C29H39F4N3O3S. The van der Waals surface area contributed by atoms with Gasteiger partial charge in [-0.1, -0.05) is 19.3 Å². The van der Waals surface area contributed by atoms with Crippen molar-refractivity contribution in [1.82, 2.24) is 14.6 Å². The Labute approximate surface area is 237 Å². The Hall–Kier alpha value is -2.24. The van der Waals surface area contributed by atoms with E-state index in [0.717, 1.165) is 37.6 Å². The molecule has 2 fully saturated rings. The summed E-state index contributed by atoms with van der Waals surface area (Å²) in [6.45, 7) is 9.07. The van der Waals surface area contributed by atoms with E-state index in [2.05, 4.69) is 14.8 Å². The number of ether oxygens (including phenoxy) is 2. The monoisotopic (exact) mass is 585 g/mol. The number of benzene rings is 1. The molecule has 2 aliphatic rings. The van der Waals surface area contributed by atoms with Gasteiger partial charge in [-0.25, -0.2) is 4.39 Å². The Morgan fingerprint density at radius 3 is 2.38 bits per heavy atom. The molecule has 11 heteroatoms. The zero-order chi connectivity index (χ0) is 29.1. The van der Waals surface area contributed by atoms with Crippen LogP contribution in [0.25, 0.3) is 11.3 Å². The zero-order valence-corrected chi connectivity index (χ0v) is 24.4. The maximum absolute atomic E-state index is 15.5. The highest BCUT2D eigenvalue weighted by atomic mass is 32.2. The predicted molar refractivity (Wildman–Crippen MR) is 148 cm³/mol. The van der Waals surface area contributed by atoms with Gasteiger partial charge in [0.1, 0.15) is 16.5 Å². The van der Waals surface area contributed by atoms with Gasteiger partial charge in [-0.05, 0) is 89.4 Å². The Morgan fingerprint density at radius 2 is 1.75 bits per heavy atom. The minimum atomic E-state index is -5.00. The molecule has 1 aliphatic carbocycles. The number of hydrogen-bond donors (Lipinski definition) is 2. The summed E-state index contributed by atoms with van der Waals surface area (Å²) < 4.78 is 70.3. The van der Waals surface area contributed by atoms with Crippen molar-refractivity contribution in [1.29, 1.82) is 0 Å². The first-order valence-electron chi connectivity index (χ1n) is 13.9. The maximum Gasteiger partial charge on any atom is 0.573 e. The highest BCUT2D eigenvalue weighted by molar-refractivity contribution is 7.97. The van der Waals surface area contributed by atoms with E-state index in [1.807, 2.05) is 32.3 Å². The lowest BCUT2D eigenvalue weighted by Gasteiger charge is -2.25. The molecule has 2 aromatic rings. The second-order valence-corrected chi connectivity index (χ2v) is 12.6. The molecule has 0 bridgehead atoms. The van der Waals surface area contributed by atoms with Crippen molar-refractivity contribution >= 4 is 17.9 Å². The van der Waals surface area contributed by atoms with Crippen molar-refractivity contribution in [3.63, 3.8) is 0 Å². The van der Waals surface area contributed by atoms with E-state index in [0.29, 0.717) is 55.5 Å². The summed E-state index contributed by atoms with van der Waals surface area (Å²) in [5, 5.41) is 3.07. The van der Waals surface area contributed by atoms with E-state index >= 15 is 4.39 Å². The van der Waals surface area contributed by atoms with Crippen LogP contribution in [-0.2, 0) is 11.3 Å². The fraction of sp³-hybridized carbons (Fsp3) is 0.621. The minimum absolute atomic E-state index is 0.0124. The highest BCUT2D eigenvalue weighted by Gasteiger charge is 2.34. The zero-order valence-electron chi connectivity index (χ0n) is 23.5. The van der Waals surface area contributed by atoms with E-state index in [1.165, 1.54) is 18.6 Å². The number of carbonyl (C=O) groups is 1. The van der Waals surface area contributed by atoms with E-state index in [9.17, 15) is 18.0 Å². The van der Waals surface area contributed by atoms with Gasteiger partial charge >= 0.3 is 6.36 Å². The maximum atomic E-state index is 15.5. The number of nitrogens with zero attached hydrogens (tertiary/aromatic N) is 1. The van der Waals surface area contributed by atoms with Crippen molar-refractivity contribution in [2.45, 2.75) is 102 Å². The van der Waals surface area contributed by atoms with Crippen molar-refractivity contribution in [3.8, 4) is 17.0 Å². The molecule has 1 saturated carbocycles. The molecule has 0 unspecified atom stereocenters. The minimum Gasteiger partial charge on any atom is -0.404 e. The van der Waals surface area contributed by atoms with Gasteiger partial charge in [0, 0.05) is 48.3 Å². The summed E-state index contributed by atoms with van der Waals surface area (Å²) >= 11 is 0.759. The number of rotatable bonds is 8. The molecule has 1 aliphatic heterocycles.